The summed E-state index contributed by atoms with van der Waals surface area (Å²) in [4.78, 5) is 37.0. The third-order valence-electron chi connectivity index (χ3n) is 4.83. The number of allylic oxidation sites excluding steroid dienone is 2. The highest BCUT2D eigenvalue weighted by atomic mass is 16.3. The number of para-hydroxylation sites is 1. The van der Waals surface area contributed by atoms with Gasteiger partial charge in [0, 0.05) is 0 Å². The number of hydrogen-bond donors (Lipinski definition) is 2. The molecule has 1 aromatic rings. The van der Waals surface area contributed by atoms with Crippen LogP contribution in [0.15, 0.2) is 36.4 Å². The number of hydrogen-bond acceptors (Lipinski definition) is 4. The maximum absolute atomic E-state index is 12.4. The Bertz CT molecular complexity index is 697. The number of benzene rings is 1. The second-order valence-electron chi connectivity index (χ2n) is 5.97. The number of aromatic hydroxyl groups is 1. The number of imide groups is 1. The van der Waals surface area contributed by atoms with Gasteiger partial charge in [-0.3, -0.25) is 19.8 Å². The fraction of sp³-hybridized carbons (Fsp3) is 0.312. The van der Waals surface area contributed by atoms with Crippen molar-refractivity contribution in [3.63, 3.8) is 0 Å². The van der Waals surface area contributed by atoms with E-state index in [-0.39, 0.29) is 46.8 Å². The van der Waals surface area contributed by atoms with Crippen molar-refractivity contribution < 1.29 is 19.5 Å². The van der Waals surface area contributed by atoms with Gasteiger partial charge in [0.15, 0.2) is 0 Å². The molecule has 2 aliphatic carbocycles. The Morgan fingerprint density at radius 3 is 2.27 bits per heavy atom. The van der Waals surface area contributed by atoms with Gasteiger partial charge < -0.3 is 5.11 Å². The average Bonchev–Trinajstić information content (AvgIpc) is 3.17. The minimum atomic E-state index is -0.667. The lowest BCUT2D eigenvalue weighted by Crippen LogP contribution is -2.47. The van der Waals surface area contributed by atoms with E-state index in [2.05, 4.69) is 5.43 Å². The molecular formula is C16H14N2O4. The number of hydrazine groups is 1. The maximum Gasteiger partial charge on any atom is 0.274 e. The Balaban J connectivity index is 1.58. The van der Waals surface area contributed by atoms with Crippen molar-refractivity contribution in [1.29, 1.82) is 0 Å². The molecule has 1 heterocycles. The summed E-state index contributed by atoms with van der Waals surface area (Å²) in [5, 5.41) is 10.5. The molecule has 1 aliphatic heterocycles. The van der Waals surface area contributed by atoms with Crippen LogP contribution < -0.4 is 5.43 Å². The van der Waals surface area contributed by atoms with E-state index in [9.17, 15) is 19.5 Å². The molecule has 4 atom stereocenters. The van der Waals surface area contributed by atoms with E-state index < -0.39 is 5.91 Å². The molecule has 6 nitrogen and oxygen atoms in total. The largest absolute Gasteiger partial charge is 0.507 e. The highest BCUT2D eigenvalue weighted by molar-refractivity contribution is 6.09. The van der Waals surface area contributed by atoms with E-state index in [0.717, 1.165) is 11.4 Å². The zero-order valence-corrected chi connectivity index (χ0v) is 11.6. The molecule has 22 heavy (non-hydrogen) atoms. The highest BCUT2D eigenvalue weighted by Crippen LogP contribution is 2.52. The van der Waals surface area contributed by atoms with E-state index >= 15 is 0 Å². The molecule has 1 aromatic carbocycles. The smallest absolute Gasteiger partial charge is 0.274 e. The van der Waals surface area contributed by atoms with Gasteiger partial charge in [-0.25, -0.2) is 0 Å². The van der Waals surface area contributed by atoms with Crippen LogP contribution in [0.25, 0.3) is 0 Å². The van der Waals surface area contributed by atoms with E-state index in [1.54, 1.807) is 12.1 Å². The standard InChI is InChI=1S/C16H14N2O4/c19-11-4-2-1-3-10(11)14(20)17-18-15(21)12-8-5-6-9(7-8)13(12)16(18)22/h1-6,8-9,12-13,19H,7H2,(H,17,20). The molecule has 4 unspecified atom stereocenters. The van der Waals surface area contributed by atoms with Crippen molar-refractivity contribution in [1.82, 2.24) is 10.4 Å². The zero-order valence-electron chi connectivity index (χ0n) is 11.6. The summed E-state index contributed by atoms with van der Waals surface area (Å²) in [6, 6.07) is 6.00. The van der Waals surface area contributed by atoms with Crippen LogP contribution in [0.3, 0.4) is 0 Å². The number of phenolic OH excluding ortho intramolecular Hbond substituents is 1. The molecule has 0 radical (unpaired) electrons. The molecule has 2 N–H and O–H groups in total. The quantitative estimate of drug-likeness (QED) is 0.626. The van der Waals surface area contributed by atoms with E-state index in [1.807, 2.05) is 12.2 Å². The van der Waals surface area contributed by atoms with Crippen molar-refractivity contribution in [3.05, 3.63) is 42.0 Å². The third-order valence-corrected chi connectivity index (χ3v) is 4.83. The van der Waals surface area contributed by atoms with E-state index in [4.69, 9.17) is 0 Å². The number of nitrogens with one attached hydrogen (secondary N) is 1. The Morgan fingerprint density at radius 2 is 1.68 bits per heavy atom. The van der Waals surface area contributed by atoms with Crippen LogP contribution in [-0.2, 0) is 9.59 Å². The second kappa shape index (κ2) is 4.43. The van der Waals surface area contributed by atoms with Gasteiger partial charge in [-0.2, -0.15) is 5.01 Å². The van der Waals surface area contributed by atoms with Gasteiger partial charge in [-0.05, 0) is 30.4 Å². The minimum absolute atomic E-state index is 0.0289. The highest BCUT2D eigenvalue weighted by Gasteiger charge is 2.59. The minimum Gasteiger partial charge on any atom is -0.507 e. The Labute approximate surface area is 126 Å². The van der Waals surface area contributed by atoms with Crippen molar-refractivity contribution in [2.75, 3.05) is 0 Å². The van der Waals surface area contributed by atoms with Crippen LogP contribution in [-0.4, -0.2) is 27.8 Å². The molecule has 1 saturated carbocycles. The summed E-state index contributed by atoms with van der Waals surface area (Å²) in [5.41, 5.74) is 2.37. The van der Waals surface area contributed by atoms with Crippen LogP contribution in [0.2, 0.25) is 0 Å². The Morgan fingerprint density at radius 1 is 1.09 bits per heavy atom. The van der Waals surface area contributed by atoms with Crippen molar-refractivity contribution in [2.24, 2.45) is 23.7 Å². The monoisotopic (exact) mass is 298 g/mol. The van der Waals surface area contributed by atoms with Gasteiger partial charge in [-0.15, -0.1) is 0 Å². The average molecular weight is 298 g/mol. The molecule has 112 valence electrons. The van der Waals surface area contributed by atoms with Crippen molar-refractivity contribution in [3.8, 4) is 5.75 Å². The number of carbonyl (C=O) groups is 3. The summed E-state index contributed by atoms with van der Waals surface area (Å²) in [6.07, 6.45) is 4.82. The van der Waals surface area contributed by atoms with Crippen LogP contribution in [0.4, 0.5) is 0 Å². The molecule has 4 rings (SSSR count). The van der Waals surface area contributed by atoms with Gasteiger partial charge in [0.2, 0.25) is 0 Å². The molecule has 0 spiro atoms. The van der Waals surface area contributed by atoms with Crippen LogP contribution in [0.5, 0.6) is 5.75 Å². The topological polar surface area (TPSA) is 86.7 Å². The number of carbonyl (C=O) groups excluding carboxylic acids is 3. The summed E-state index contributed by atoms with van der Waals surface area (Å²) in [7, 11) is 0. The predicted octanol–water partition coefficient (Wildman–Crippen LogP) is 0.844. The van der Waals surface area contributed by atoms with Crippen LogP contribution in [0, 0.1) is 23.7 Å². The molecule has 6 heteroatoms. The summed E-state index contributed by atoms with van der Waals surface area (Å²) in [5.74, 6) is -2.08. The van der Waals surface area contributed by atoms with Gasteiger partial charge in [0.05, 0.1) is 17.4 Å². The van der Waals surface area contributed by atoms with Gasteiger partial charge >= 0.3 is 0 Å². The lowest BCUT2D eigenvalue weighted by molar-refractivity contribution is -0.143. The van der Waals surface area contributed by atoms with Crippen molar-refractivity contribution >= 4 is 17.7 Å². The molecular weight excluding hydrogens is 284 g/mol. The first-order valence-corrected chi connectivity index (χ1v) is 7.23. The number of nitrogens with zero attached hydrogens (tertiary/aromatic N) is 1. The molecule has 1 saturated heterocycles. The number of amides is 3. The van der Waals surface area contributed by atoms with Gasteiger partial charge in [0.25, 0.3) is 17.7 Å². The fourth-order valence-corrected chi connectivity index (χ4v) is 3.84. The molecule has 3 aliphatic rings. The van der Waals surface area contributed by atoms with E-state index in [0.29, 0.717) is 0 Å². The number of phenols is 1. The van der Waals surface area contributed by atoms with Gasteiger partial charge in [-0.1, -0.05) is 24.3 Å². The Kier molecular flexibility index (Phi) is 2.63. The van der Waals surface area contributed by atoms with E-state index in [1.165, 1.54) is 12.1 Å². The lowest BCUT2D eigenvalue weighted by Gasteiger charge is -2.18. The fourth-order valence-electron chi connectivity index (χ4n) is 3.84. The summed E-state index contributed by atoms with van der Waals surface area (Å²) >= 11 is 0. The molecule has 3 amide bonds. The first-order valence-electron chi connectivity index (χ1n) is 7.23. The van der Waals surface area contributed by atoms with Crippen LogP contribution >= 0.6 is 0 Å². The molecule has 0 aromatic heterocycles. The maximum atomic E-state index is 12.4. The number of rotatable bonds is 2. The van der Waals surface area contributed by atoms with Gasteiger partial charge in [0.1, 0.15) is 5.75 Å². The van der Waals surface area contributed by atoms with Crippen molar-refractivity contribution in [2.45, 2.75) is 6.42 Å². The second-order valence-corrected chi connectivity index (χ2v) is 5.97. The third kappa shape index (κ3) is 1.63. The lowest BCUT2D eigenvalue weighted by atomic mass is 9.85. The zero-order chi connectivity index (χ0) is 15.4. The number of fused-ring (bicyclic) bond motifs is 5. The summed E-state index contributed by atoms with van der Waals surface area (Å²) < 4.78 is 0. The first kappa shape index (κ1) is 13.1. The molecule has 2 fully saturated rings. The SMILES string of the molecule is O=C(NN1C(=O)C2C3C=CC(C3)C2C1=O)c1ccccc1O. The first-order chi connectivity index (χ1) is 10.6. The van der Waals surface area contributed by atoms with Crippen LogP contribution in [0.1, 0.15) is 16.8 Å². The Hall–Kier alpha value is -2.63. The molecule has 2 bridgehead atoms. The normalized spacial score (nSPS) is 31.7. The predicted molar refractivity (Wildman–Crippen MR) is 75.1 cm³/mol. The summed E-state index contributed by atoms with van der Waals surface area (Å²) in [6.45, 7) is 0.